The van der Waals surface area contributed by atoms with E-state index in [2.05, 4.69) is 79.2 Å². The molecule has 4 rings (SSSR count). The van der Waals surface area contributed by atoms with E-state index >= 15 is 0 Å². The van der Waals surface area contributed by atoms with Crippen LogP contribution in [-0.2, 0) is 12.0 Å². The summed E-state index contributed by atoms with van der Waals surface area (Å²) in [5.74, 6) is 1.02. The molecule has 0 atom stereocenters. The lowest BCUT2D eigenvalue weighted by Crippen LogP contribution is -2.15. The van der Waals surface area contributed by atoms with Crippen molar-refractivity contribution in [2.75, 3.05) is 5.32 Å². The maximum absolute atomic E-state index is 9.04. The van der Waals surface area contributed by atoms with Gasteiger partial charge in [0, 0.05) is 18.2 Å². The van der Waals surface area contributed by atoms with E-state index in [1.165, 1.54) is 5.56 Å². The topological polar surface area (TPSA) is 53.1 Å². The monoisotopic (exact) mass is 380 g/mol. The number of anilines is 1. The van der Waals surface area contributed by atoms with Crippen molar-refractivity contribution in [3.63, 3.8) is 0 Å². The van der Waals surface area contributed by atoms with Crippen molar-refractivity contribution in [1.82, 2.24) is 9.38 Å². The van der Waals surface area contributed by atoms with E-state index < -0.39 is 0 Å². The van der Waals surface area contributed by atoms with Crippen LogP contribution in [0.1, 0.15) is 37.6 Å². The number of hydrogen-bond acceptors (Lipinski definition) is 3. The molecule has 0 unspecified atom stereocenters. The lowest BCUT2D eigenvalue weighted by atomic mass is 9.92. The van der Waals surface area contributed by atoms with Gasteiger partial charge in [0.2, 0.25) is 0 Å². The van der Waals surface area contributed by atoms with Gasteiger partial charge in [0.1, 0.15) is 11.5 Å². The minimum atomic E-state index is -0.0837. The maximum atomic E-state index is 9.04. The van der Waals surface area contributed by atoms with Gasteiger partial charge in [0.15, 0.2) is 0 Å². The molecular weight excluding hydrogens is 356 g/mol. The minimum Gasteiger partial charge on any atom is -0.366 e. The van der Waals surface area contributed by atoms with Crippen LogP contribution >= 0.6 is 0 Å². The van der Waals surface area contributed by atoms with Gasteiger partial charge in [0.25, 0.3) is 0 Å². The minimum absolute atomic E-state index is 0.0837. The summed E-state index contributed by atoms with van der Waals surface area (Å²) in [5, 5.41) is 12.7. The van der Waals surface area contributed by atoms with E-state index in [9.17, 15) is 0 Å². The molecule has 1 N–H and O–H groups in total. The number of imidazole rings is 1. The van der Waals surface area contributed by atoms with Crippen molar-refractivity contribution in [3.05, 3.63) is 89.7 Å². The van der Waals surface area contributed by atoms with Crippen LogP contribution in [0.2, 0.25) is 0 Å². The first kappa shape index (κ1) is 18.8. The van der Waals surface area contributed by atoms with Crippen LogP contribution in [0.15, 0.2) is 72.9 Å². The van der Waals surface area contributed by atoms with Gasteiger partial charge in [-0.2, -0.15) is 5.26 Å². The molecule has 29 heavy (non-hydrogen) atoms. The fourth-order valence-corrected chi connectivity index (χ4v) is 3.43. The van der Waals surface area contributed by atoms with E-state index in [1.54, 1.807) is 0 Å². The number of hydrogen-bond donors (Lipinski definition) is 1. The van der Waals surface area contributed by atoms with E-state index in [0.29, 0.717) is 5.56 Å². The normalized spacial score (nSPS) is 11.4. The van der Waals surface area contributed by atoms with Crippen LogP contribution in [0, 0.1) is 11.3 Å². The molecule has 2 heterocycles. The second-order valence-electron chi connectivity index (χ2n) is 8.23. The average molecular weight is 380 g/mol. The highest BCUT2D eigenvalue weighted by atomic mass is 15.1. The highest BCUT2D eigenvalue weighted by Gasteiger charge is 2.24. The maximum Gasteiger partial charge on any atom is 0.138 e. The molecule has 0 saturated heterocycles. The van der Waals surface area contributed by atoms with Crippen molar-refractivity contribution < 1.29 is 0 Å². The highest BCUT2D eigenvalue weighted by Crippen LogP contribution is 2.32. The predicted molar refractivity (Wildman–Crippen MR) is 118 cm³/mol. The molecule has 2 aromatic carbocycles. The standard InChI is InChI=1S/C25H24N4/c1-25(2,3)23-24(27-16-19-7-5-4-6-8-19)29-17-21(13-14-22(29)28-23)20-11-9-18(15-26)10-12-20/h4-14,17,27H,16H2,1-3H3. The fourth-order valence-electron chi connectivity index (χ4n) is 3.43. The smallest absolute Gasteiger partial charge is 0.138 e. The van der Waals surface area contributed by atoms with Gasteiger partial charge in [0.05, 0.1) is 17.3 Å². The number of nitriles is 1. The summed E-state index contributed by atoms with van der Waals surface area (Å²) in [5.41, 5.74) is 5.93. The Balaban J connectivity index is 1.78. The molecule has 0 radical (unpaired) electrons. The van der Waals surface area contributed by atoms with Crippen LogP contribution in [0.3, 0.4) is 0 Å². The Kier molecular flexibility index (Phi) is 4.82. The van der Waals surface area contributed by atoms with Crippen molar-refractivity contribution in [2.45, 2.75) is 32.7 Å². The number of nitrogens with zero attached hydrogens (tertiary/aromatic N) is 3. The first-order valence-corrected chi connectivity index (χ1v) is 9.76. The third-order valence-corrected chi connectivity index (χ3v) is 4.98. The second kappa shape index (κ2) is 7.44. The molecule has 0 aliphatic rings. The number of fused-ring (bicyclic) bond motifs is 1. The molecule has 4 aromatic rings. The van der Waals surface area contributed by atoms with Crippen LogP contribution in [0.5, 0.6) is 0 Å². The van der Waals surface area contributed by atoms with Gasteiger partial charge in [-0.15, -0.1) is 0 Å². The lowest BCUT2D eigenvalue weighted by molar-refractivity contribution is 0.574. The lowest BCUT2D eigenvalue weighted by Gasteiger charge is -2.19. The summed E-state index contributed by atoms with van der Waals surface area (Å²) in [7, 11) is 0. The number of benzene rings is 2. The Morgan fingerprint density at radius 1 is 0.931 bits per heavy atom. The molecule has 144 valence electrons. The Morgan fingerprint density at radius 3 is 2.28 bits per heavy atom. The van der Waals surface area contributed by atoms with Crippen molar-refractivity contribution in [3.8, 4) is 17.2 Å². The molecule has 0 saturated carbocycles. The second-order valence-corrected chi connectivity index (χ2v) is 8.23. The summed E-state index contributed by atoms with van der Waals surface area (Å²) in [6.45, 7) is 7.29. The molecule has 2 aromatic heterocycles. The number of rotatable bonds is 4. The Hall–Kier alpha value is -3.58. The highest BCUT2D eigenvalue weighted by molar-refractivity contribution is 5.68. The molecule has 0 fully saturated rings. The third-order valence-electron chi connectivity index (χ3n) is 4.98. The van der Waals surface area contributed by atoms with Gasteiger partial charge < -0.3 is 5.32 Å². The zero-order valence-corrected chi connectivity index (χ0v) is 17.0. The number of nitrogens with one attached hydrogen (secondary N) is 1. The molecule has 4 nitrogen and oxygen atoms in total. The average Bonchev–Trinajstić information content (AvgIpc) is 3.11. The quantitative estimate of drug-likeness (QED) is 0.488. The van der Waals surface area contributed by atoms with E-state index in [0.717, 1.165) is 34.8 Å². The largest absolute Gasteiger partial charge is 0.366 e. The fraction of sp³-hybridized carbons (Fsp3) is 0.200. The van der Waals surface area contributed by atoms with Crippen molar-refractivity contribution >= 4 is 11.5 Å². The number of aromatic nitrogens is 2. The Labute approximate surface area is 171 Å². The zero-order valence-electron chi connectivity index (χ0n) is 17.0. The Morgan fingerprint density at radius 2 is 1.62 bits per heavy atom. The summed E-state index contributed by atoms with van der Waals surface area (Å²) in [6, 6.07) is 24.4. The number of pyridine rings is 1. The van der Waals surface area contributed by atoms with Gasteiger partial charge >= 0.3 is 0 Å². The van der Waals surface area contributed by atoms with Gasteiger partial charge in [-0.1, -0.05) is 63.2 Å². The molecule has 4 heteroatoms. The summed E-state index contributed by atoms with van der Waals surface area (Å²) >= 11 is 0. The van der Waals surface area contributed by atoms with Crippen molar-refractivity contribution in [2.24, 2.45) is 0 Å². The van der Waals surface area contributed by atoms with Gasteiger partial charge in [-0.05, 0) is 41.0 Å². The summed E-state index contributed by atoms with van der Waals surface area (Å²) in [4.78, 5) is 4.92. The van der Waals surface area contributed by atoms with Gasteiger partial charge in [-0.25, -0.2) is 4.98 Å². The van der Waals surface area contributed by atoms with Crippen LogP contribution < -0.4 is 5.32 Å². The van der Waals surface area contributed by atoms with E-state index in [1.807, 2.05) is 30.3 Å². The Bertz CT molecular complexity index is 1170. The summed E-state index contributed by atoms with van der Waals surface area (Å²) < 4.78 is 2.14. The van der Waals surface area contributed by atoms with Crippen LogP contribution in [-0.4, -0.2) is 9.38 Å². The van der Waals surface area contributed by atoms with Crippen LogP contribution in [0.25, 0.3) is 16.8 Å². The molecule has 0 amide bonds. The first-order valence-electron chi connectivity index (χ1n) is 9.76. The SMILES string of the molecule is CC(C)(C)c1nc2ccc(-c3ccc(C#N)cc3)cn2c1NCc1ccccc1. The van der Waals surface area contributed by atoms with Crippen LogP contribution in [0.4, 0.5) is 5.82 Å². The molecule has 0 aliphatic heterocycles. The molecule has 0 spiro atoms. The van der Waals surface area contributed by atoms with E-state index in [4.69, 9.17) is 10.2 Å². The molecule has 0 aliphatic carbocycles. The first-order chi connectivity index (χ1) is 14.0. The van der Waals surface area contributed by atoms with Crippen molar-refractivity contribution in [1.29, 1.82) is 5.26 Å². The predicted octanol–water partition coefficient (Wildman–Crippen LogP) is 5.78. The van der Waals surface area contributed by atoms with E-state index in [-0.39, 0.29) is 5.41 Å². The third kappa shape index (κ3) is 3.86. The van der Waals surface area contributed by atoms with Gasteiger partial charge in [-0.3, -0.25) is 4.40 Å². The zero-order chi connectivity index (χ0) is 20.4. The molecular formula is C25H24N4. The summed E-state index contributed by atoms with van der Waals surface area (Å²) in [6.07, 6.45) is 2.12. The molecule has 0 bridgehead atoms.